The number of nitrogens with zero attached hydrogens (tertiary/aromatic N) is 1. The van der Waals surface area contributed by atoms with Crippen LogP contribution in [0.2, 0.25) is 0 Å². The Balaban J connectivity index is 1.65. The van der Waals surface area contributed by atoms with Gasteiger partial charge in [-0.3, -0.25) is 0 Å². The first-order valence-corrected chi connectivity index (χ1v) is 11.2. The van der Waals surface area contributed by atoms with Gasteiger partial charge < -0.3 is 9.52 Å². The summed E-state index contributed by atoms with van der Waals surface area (Å²) in [6, 6.07) is 18.6. The van der Waals surface area contributed by atoms with E-state index in [9.17, 15) is 5.11 Å². The quantitative estimate of drug-likeness (QED) is 0.305. The van der Waals surface area contributed by atoms with Crippen molar-refractivity contribution in [3.63, 3.8) is 0 Å². The van der Waals surface area contributed by atoms with Gasteiger partial charge in [0.25, 0.3) is 0 Å². The summed E-state index contributed by atoms with van der Waals surface area (Å²) < 4.78 is 43.5. The Morgan fingerprint density at radius 1 is 0.939 bits per heavy atom. The van der Waals surface area contributed by atoms with Crippen LogP contribution in [0, 0.1) is 12.3 Å². The van der Waals surface area contributed by atoms with Crippen molar-refractivity contribution in [2.45, 2.75) is 33.5 Å². The minimum atomic E-state index is -1.88. The molecule has 3 heteroatoms. The average molecular weight is 439 g/mol. The summed E-state index contributed by atoms with van der Waals surface area (Å²) in [7, 11) is 1.99. The predicted molar refractivity (Wildman–Crippen MR) is 133 cm³/mol. The van der Waals surface area contributed by atoms with Crippen LogP contribution in [0.15, 0.2) is 71.3 Å². The standard InChI is InChI=1S/C30H27NO2/c1-18-8-11-23-25-15-22(32)14-24(19-9-10-20-16-30(2,3)17-21(20)13-19)28(25)33-29(23)27(18)26-7-5-6-12-31(26)4/h5-15H,16-17H2,1-4H3/p+1/i16D2,17D2. The molecular formula is C30H28NO2+. The lowest BCUT2D eigenvalue weighted by Gasteiger charge is -2.14. The second-order valence-corrected chi connectivity index (χ2v) is 9.44. The summed E-state index contributed by atoms with van der Waals surface area (Å²) in [5.41, 5.74) is 5.11. The Bertz CT molecular complexity index is 1750. The predicted octanol–water partition coefficient (Wildman–Crippen LogP) is 6.88. The molecule has 2 heterocycles. The normalized spacial score (nSPS) is 19.6. The monoisotopic (exact) mass is 438 g/mol. The SMILES string of the molecule is [2H]C1([2H])c2ccc(-c3cc(O)cc4c3oc3c(-c5cccc[n+]5C)c(C)ccc34)cc2C([2H])([2H])C1(C)C. The van der Waals surface area contributed by atoms with Crippen molar-refractivity contribution < 1.29 is 19.6 Å². The molecule has 0 saturated carbocycles. The molecule has 2 aromatic heterocycles. The number of aryl methyl sites for hydroxylation is 2. The van der Waals surface area contributed by atoms with Crippen molar-refractivity contribution in [1.82, 2.24) is 0 Å². The largest absolute Gasteiger partial charge is 0.508 e. The van der Waals surface area contributed by atoms with Crippen LogP contribution in [0.3, 0.4) is 0 Å². The highest BCUT2D eigenvalue weighted by molar-refractivity contribution is 6.13. The van der Waals surface area contributed by atoms with Crippen molar-refractivity contribution in [2.75, 3.05) is 0 Å². The maximum Gasteiger partial charge on any atom is 0.216 e. The molecule has 1 aliphatic rings. The number of benzene rings is 3. The fourth-order valence-corrected chi connectivity index (χ4v) is 4.97. The van der Waals surface area contributed by atoms with Crippen molar-refractivity contribution in [1.29, 1.82) is 0 Å². The third-order valence-electron chi connectivity index (χ3n) is 6.47. The van der Waals surface area contributed by atoms with E-state index in [0.717, 1.165) is 33.2 Å². The molecule has 0 spiro atoms. The lowest BCUT2D eigenvalue weighted by molar-refractivity contribution is -0.660. The Morgan fingerprint density at radius 3 is 2.58 bits per heavy atom. The highest BCUT2D eigenvalue weighted by atomic mass is 16.3. The molecule has 1 aliphatic carbocycles. The van der Waals surface area contributed by atoms with Crippen molar-refractivity contribution in [2.24, 2.45) is 12.5 Å². The topological polar surface area (TPSA) is 37.3 Å². The molecule has 0 bridgehead atoms. The van der Waals surface area contributed by atoms with Crippen molar-refractivity contribution in [3.8, 4) is 28.1 Å². The summed E-state index contributed by atoms with van der Waals surface area (Å²) >= 11 is 0. The maximum atomic E-state index is 10.7. The van der Waals surface area contributed by atoms with Gasteiger partial charge in [0, 0.05) is 34.0 Å². The van der Waals surface area contributed by atoms with E-state index in [1.165, 1.54) is 0 Å². The fourth-order valence-electron chi connectivity index (χ4n) is 4.97. The molecule has 164 valence electrons. The van der Waals surface area contributed by atoms with Gasteiger partial charge in [-0.15, -0.1) is 0 Å². The van der Waals surface area contributed by atoms with E-state index in [1.54, 1.807) is 44.2 Å². The molecule has 0 fully saturated rings. The summed E-state index contributed by atoms with van der Waals surface area (Å²) in [6.45, 7) is 5.31. The average Bonchev–Trinajstić information content (AvgIpc) is 3.25. The van der Waals surface area contributed by atoms with Gasteiger partial charge in [-0.05, 0) is 65.5 Å². The highest BCUT2D eigenvalue weighted by Gasteiger charge is 2.29. The number of furan rings is 1. The van der Waals surface area contributed by atoms with Gasteiger partial charge in [0.15, 0.2) is 6.20 Å². The molecule has 1 N–H and O–H groups in total. The van der Waals surface area contributed by atoms with E-state index in [-0.39, 0.29) is 5.75 Å². The van der Waals surface area contributed by atoms with Crippen LogP contribution in [0.1, 0.15) is 36.0 Å². The molecule has 0 aliphatic heterocycles. The zero-order chi connectivity index (χ0) is 26.5. The number of pyridine rings is 1. The molecule has 3 nitrogen and oxygen atoms in total. The van der Waals surface area contributed by atoms with Crippen LogP contribution in [-0.4, -0.2) is 5.11 Å². The third-order valence-corrected chi connectivity index (χ3v) is 6.47. The summed E-state index contributed by atoms with van der Waals surface area (Å²) in [5.74, 6) is 0.0803. The Morgan fingerprint density at radius 2 is 1.76 bits per heavy atom. The van der Waals surface area contributed by atoms with E-state index < -0.39 is 18.2 Å². The van der Waals surface area contributed by atoms with Gasteiger partial charge in [0.2, 0.25) is 5.69 Å². The lowest BCUT2D eigenvalue weighted by atomic mass is 9.90. The van der Waals surface area contributed by atoms with Gasteiger partial charge in [0.05, 0.1) is 5.56 Å². The second kappa shape index (κ2) is 6.95. The van der Waals surface area contributed by atoms with Crippen LogP contribution >= 0.6 is 0 Å². The van der Waals surface area contributed by atoms with E-state index in [2.05, 4.69) is 6.07 Å². The zero-order valence-corrected chi connectivity index (χ0v) is 19.2. The number of hydrogen-bond donors (Lipinski definition) is 1. The number of aromatic nitrogens is 1. The fraction of sp³-hybridized carbons (Fsp3) is 0.233. The van der Waals surface area contributed by atoms with E-state index >= 15 is 0 Å². The van der Waals surface area contributed by atoms with Crippen LogP contribution < -0.4 is 4.57 Å². The molecule has 5 aromatic rings. The number of hydrogen-bond acceptors (Lipinski definition) is 2. The summed E-state index contributed by atoms with van der Waals surface area (Å²) in [4.78, 5) is 0. The molecule has 0 saturated heterocycles. The Hall–Kier alpha value is -3.59. The molecule has 6 rings (SSSR count). The second-order valence-electron chi connectivity index (χ2n) is 9.44. The van der Waals surface area contributed by atoms with E-state index in [0.29, 0.717) is 27.8 Å². The van der Waals surface area contributed by atoms with Crippen LogP contribution in [0.25, 0.3) is 44.3 Å². The number of phenols is 1. The summed E-state index contributed by atoms with van der Waals surface area (Å²) in [6.07, 6.45) is -1.71. The van der Waals surface area contributed by atoms with E-state index in [1.807, 2.05) is 49.0 Å². The number of fused-ring (bicyclic) bond motifs is 4. The van der Waals surface area contributed by atoms with Gasteiger partial charge in [-0.1, -0.05) is 44.2 Å². The van der Waals surface area contributed by atoms with Gasteiger partial charge in [-0.25, -0.2) is 4.57 Å². The van der Waals surface area contributed by atoms with E-state index in [4.69, 9.17) is 9.90 Å². The first-order chi connectivity index (χ1) is 17.4. The minimum Gasteiger partial charge on any atom is -0.508 e. The molecule has 0 unspecified atom stereocenters. The number of phenolic OH excluding ortho intramolecular Hbond substituents is 1. The minimum absolute atomic E-state index is 0.0803. The van der Waals surface area contributed by atoms with Gasteiger partial charge in [-0.2, -0.15) is 0 Å². The number of rotatable bonds is 2. The molecule has 3 aromatic carbocycles. The highest BCUT2D eigenvalue weighted by Crippen LogP contribution is 2.44. The first-order valence-electron chi connectivity index (χ1n) is 13.2. The molecule has 33 heavy (non-hydrogen) atoms. The zero-order valence-electron chi connectivity index (χ0n) is 23.2. The number of aromatic hydroxyl groups is 1. The summed E-state index contributed by atoms with van der Waals surface area (Å²) in [5, 5.41) is 12.4. The van der Waals surface area contributed by atoms with Gasteiger partial charge in [0.1, 0.15) is 24.0 Å². The smallest absolute Gasteiger partial charge is 0.216 e. The molecule has 0 amide bonds. The van der Waals surface area contributed by atoms with Crippen LogP contribution in [-0.2, 0) is 19.8 Å². The third kappa shape index (κ3) is 3.14. The molecule has 0 radical (unpaired) electrons. The van der Waals surface area contributed by atoms with Crippen molar-refractivity contribution in [3.05, 3.63) is 83.6 Å². The van der Waals surface area contributed by atoms with Crippen LogP contribution in [0.4, 0.5) is 0 Å². The lowest BCUT2D eigenvalue weighted by Crippen LogP contribution is -2.30. The van der Waals surface area contributed by atoms with Gasteiger partial charge >= 0.3 is 0 Å². The Kier molecular flexibility index (Phi) is 3.39. The molecule has 0 atom stereocenters. The first kappa shape index (κ1) is 16.1. The molecular weight excluding hydrogens is 406 g/mol. The Labute approximate surface area is 199 Å². The maximum absolute atomic E-state index is 10.7. The van der Waals surface area contributed by atoms with Crippen LogP contribution in [0.5, 0.6) is 5.75 Å². The van der Waals surface area contributed by atoms with Crippen molar-refractivity contribution >= 4 is 21.9 Å².